The number of piperidine rings is 1. The summed E-state index contributed by atoms with van der Waals surface area (Å²) in [6, 6.07) is 10.5. The zero-order valence-corrected chi connectivity index (χ0v) is 22.4. The molecule has 1 aromatic heterocycles. The second-order valence-electron chi connectivity index (χ2n) is 9.13. The normalized spacial score (nSPS) is 17.9. The van der Waals surface area contributed by atoms with Gasteiger partial charge in [0.2, 0.25) is 5.91 Å². The number of hydrogen-bond acceptors (Lipinski definition) is 7. The highest BCUT2D eigenvalue weighted by molar-refractivity contribution is 7.91. The Labute approximate surface area is 220 Å². The molecular weight excluding hydrogens is 514 g/mol. The molecule has 11 heteroatoms. The maximum absolute atomic E-state index is 13.4. The Morgan fingerprint density at radius 1 is 1.22 bits per heavy atom. The van der Waals surface area contributed by atoms with Crippen LogP contribution >= 0.6 is 11.3 Å². The van der Waals surface area contributed by atoms with Crippen molar-refractivity contribution in [2.45, 2.75) is 23.5 Å². The van der Waals surface area contributed by atoms with Crippen LogP contribution in [-0.4, -0.2) is 65.0 Å². The molecule has 1 N–H and O–H groups in total. The molecule has 3 heterocycles. The standard InChI is InChI=1S/C26H29N3O6S2/c1-34-13-6-12-29-24-21(35-2)15-20(18-8-3-9-19(23(18)24)26(29)31)27-25(30)17-7-4-11-28(16-17)37(32,33)22-10-5-14-36-22/h3,5,8-10,14-15,17H,4,6-7,11-13,16H2,1-2H3,(H,27,30). The molecule has 5 rings (SSSR count). The Bertz CT molecular complexity index is 1440. The van der Waals surface area contributed by atoms with Crippen LogP contribution in [0.5, 0.6) is 5.75 Å². The molecule has 37 heavy (non-hydrogen) atoms. The third-order valence-electron chi connectivity index (χ3n) is 6.90. The molecule has 0 saturated carbocycles. The number of amides is 2. The van der Waals surface area contributed by atoms with Crippen molar-refractivity contribution in [3.05, 3.63) is 47.3 Å². The first kappa shape index (κ1) is 25.7. The zero-order valence-electron chi connectivity index (χ0n) is 20.7. The summed E-state index contributed by atoms with van der Waals surface area (Å²) in [5.41, 5.74) is 1.79. The van der Waals surface area contributed by atoms with Gasteiger partial charge in [-0.1, -0.05) is 18.2 Å². The van der Waals surface area contributed by atoms with E-state index < -0.39 is 15.9 Å². The monoisotopic (exact) mass is 543 g/mol. The predicted octanol–water partition coefficient (Wildman–Crippen LogP) is 3.95. The molecule has 2 aliphatic rings. The van der Waals surface area contributed by atoms with E-state index in [1.165, 1.54) is 22.8 Å². The Hall–Kier alpha value is -2.99. The lowest BCUT2D eigenvalue weighted by Gasteiger charge is -2.31. The van der Waals surface area contributed by atoms with Crippen molar-refractivity contribution in [3.63, 3.8) is 0 Å². The van der Waals surface area contributed by atoms with Crippen molar-refractivity contribution in [3.8, 4) is 5.75 Å². The topological polar surface area (TPSA) is 105 Å². The van der Waals surface area contributed by atoms with Gasteiger partial charge in [0.15, 0.2) is 0 Å². The number of thiophene rings is 1. The number of ether oxygens (including phenoxy) is 2. The van der Waals surface area contributed by atoms with Crippen LogP contribution in [0.25, 0.3) is 10.8 Å². The highest BCUT2D eigenvalue weighted by Crippen LogP contribution is 2.47. The maximum Gasteiger partial charge on any atom is 0.259 e. The van der Waals surface area contributed by atoms with Gasteiger partial charge in [-0.2, -0.15) is 4.31 Å². The number of benzene rings is 2. The van der Waals surface area contributed by atoms with E-state index in [0.29, 0.717) is 61.6 Å². The van der Waals surface area contributed by atoms with Crippen LogP contribution in [0.4, 0.5) is 11.4 Å². The van der Waals surface area contributed by atoms with Crippen molar-refractivity contribution >= 4 is 55.3 Å². The largest absolute Gasteiger partial charge is 0.494 e. The molecule has 0 aliphatic carbocycles. The van der Waals surface area contributed by atoms with Crippen molar-refractivity contribution in [2.75, 3.05) is 50.7 Å². The van der Waals surface area contributed by atoms with E-state index in [9.17, 15) is 18.0 Å². The SMILES string of the molecule is COCCCN1C(=O)c2cccc3c(NC(=O)C4CCCN(S(=O)(=O)c5cccs5)C4)cc(OC)c1c23. The van der Waals surface area contributed by atoms with Crippen LogP contribution in [0.1, 0.15) is 29.6 Å². The summed E-state index contributed by atoms with van der Waals surface area (Å²) >= 11 is 1.17. The Kier molecular flexibility index (Phi) is 7.21. The molecule has 2 amide bonds. The van der Waals surface area contributed by atoms with E-state index >= 15 is 0 Å². The average Bonchev–Trinajstić information content (AvgIpc) is 3.55. The Morgan fingerprint density at radius 3 is 2.78 bits per heavy atom. The first-order valence-corrected chi connectivity index (χ1v) is 14.5. The number of carbonyl (C=O) groups excluding carboxylic acids is 2. The van der Waals surface area contributed by atoms with Gasteiger partial charge in [0.05, 0.1) is 30.0 Å². The average molecular weight is 544 g/mol. The minimum Gasteiger partial charge on any atom is -0.494 e. The summed E-state index contributed by atoms with van der Waals surface area (Å²) in [6.45, 7) is 1.52. The third kappa shape index (κ3) is 4.61. The molecule has 1 fully saturated rings. The number of nitrogens with one attached hydrogen (secondary N) is 1. The molecule has 0 radical (unpaired) electrons. The lowest BCUT2D eigenvalue weighted by atomic mass is 9.98. The number of carbonyl (C=O) groups is 2. The lowest BCUT2D eigenvalue weighted by Crippen LogP contribution is -2.43. The van der Waals surface area contributed by atoms with Crippen LogP contribution < -0.4 is 15.0 Å². The van der Waals surface area contributed by atoms with E-state index in [1.807, 2.05) is 6.07 Å². The Balaban J connectivity index is 1.43. The van der Waals surface area contributed by atoms with Gasteiger partial charge in [-0.05, 0) is 36.8 Å². The van der Waals surface area contributed by atoms with Gasteiger partial charge >= 0.3 is 0 Å². The van der Waals surface area contributed by atoms with Gasteiger partial charge in [-0.25, -0.2) is 8.42 Å². The molecule has 3 aromatic rings. The number of hydrogen-bond donors (Lipinski definition) is 1. The first-order valence-electron chi connectivity index (χ1n) is 12.2. The van der Waals surface area contributed by atoms with Gasteiger partial charge in [0, 0.05) is 50.2 Å². The lowest BCUT2D eigenvalue weighted by molar-refractivity contribution is -0.120. The smallest absolute Gasteiger partial charge is 0.259 e. The number of sulfonamides is 1. The second kappa shape index (κ2) is 10.4. The molecule has 196 valence electrons. The van der Waals surface area contributed by atoms with E-state index in [-0.39, 0.29) is 22.6 Å². The van der Waals surface area contributed by atoms with E-state index in [0.717, 1.165) is 10.8 Å². The van der Waals surface area contributed by atoms with E-state index in [2.05, 4.69) is 5.32 Å². The highest BCUT2D eigenvalue weighted by Gasteiger charge is 2.36. The fourth-order valence-corrected chi connectivity index (χ4v) is 7.78. The van der Waals surface area contributed by atoms with Crippen molar-refractivity contribution in [1.29, 1.82) is 0 Å². The van der Waals surface area contributed by atoms with Crippen LogP contribution in [0, 0.1) is 5.92 Å². The minimum absolute atomic E-state index is 0.111. The highest BCUT2D eigenvalue weighted by atomic mass is 32.2. The summed E-state index contributed by atoms with van der Waals surface area (Å²) < 4.78 is 38.5. The molecule has 0 bridgehead atoms. The minimum atomic E-state index is -3.63. The number of anilines is 2. The summed E-state index contributed by atoms with van der Waals surface area (Å²) in [6.07, 6.45) is 1.86. The number of nitrogens with zero attached hydrogens (tertiary/aromatic N) is 2. The molecular formula is C26H29N3O6S2. The molecule has 2 aromatic carbocycles. The van der Waals surface area contributed by atoms with Crippen LogP contribution in [0.3, 0.4) is 0 Å². The van der Waals surface area contributed by atoms with Crippen molar-refractivity contribution < 1.29 is 27.5 Å². The Morgan fingerprint density at radius 2 is 2.05 bits per heavy atom. The summed E-state index contributed by atoms with van der Waals surface area (Å²) in [4.78, 5) is 28.3. The fraction of sp³-hybridized carbons (Fsp3) is 0.385. The van der Waals surface area contributed by atoms with Crippen LogP contribution in [-0.2, 0) is 19.6 Å². The summed E-state index contributed by atoms with van der Waals surface area (Å²) in [5, 5.41) is 6.22. The van der Waals surface area contributed by atoms with Crippen LogP contribution in [0.15, 0.2) is 46.0 Å². The van der Waals surface area contributed by atoms with E-state index in [1.54, 1.807) is 47.7 Å². The first-order chi connectivity index (χ1) is 17.9. The molecule has 1 unspecified atom stereocenters. The molecule has 2 aliphatic heterocycles. The van der Waals surface area contributed by atoms with Gasteiger partial charge in [0.1, 0.15) is 9.96 Å². The van der Waals surface area contributed by atoms with Crippen molar-refractivity contribution in [1.82, 2.24) is 4.31 Å². The second-order valence-corrected chi connectivity index (χ2v) is 12.2. The van der Waals surface area contributed by atoms with Gasteiger partial charge in [-0.3, -0.25) is 9.59 Å². The fourth-order valence-electron chi connectivity index (χ4n) is 5.11. The summed E-state index contributed by atoms with van der Waals surface area (Å²) in [5.74, 6) is -0.371. The maximum atomic E-state index is 13.4. The van der Waals surface area contributed by atoms with Gasteiger partial charge in [-0.15, -0.1) is 11.3 Å². The zero-order chi connectivity index (χ0) is 26.2. The molecule has 9 nitrogen and oxygen atoms in total. The van der Waals surface area contributed by atoms with Crippen LogP contribution in [0.2, 0.25) is 0 Å². The summed E-state index contributed by atoms with van der Waals surface area (Å²) in [7, 11) is -0.465. The molecule has 1 atom stereocenters. The third-order valence-corrected chi connectivity index (χ3v) is 10.1. The number of rotatable bonds is 9. The quantitative estimate of drug-likeness (QED) is 0.410. The predicted molar refractivity (Wildman–Crippen MR) is 143 cm³/mol. The van der Waals surface area contributed by atoms with Crippen molar-refractivity contribution in [2.24, 2.45) is 5.92 Å². The van der Waals surface area contributed by atoms with Gasteiger partial charge in [0.25, 0.3) is 15.9 Å². The van der Waals surface area contributed by atoms with E-state index in [4.69, 9.17) is 9.47 Å². The molecule has 0 spiro atoms. The number of methoxy groups -OCH3 is 2. The molecule has 1 saturated heterocycles. The van der Waals surface area contributed by atoms with Gasteiger partial charge < -0.3 is 19.7 Å².